The number of hydrogen-bond acceptors (Lipinski definition) is 1. The van der Waals surface area contributed by atoms with E-state index in [4.69, 9.17) is 4.74 Å². The fraction of sp³-hybridized carbons (Fsp3) is 0.455. The molecular weight excluding hydrogens is 167 g/mol. The fourth-order valence-electron chi connectivity index (χ4n) is 1.79. The second-order valence-electron chi connectivity index (χ2n) is 3.44. The molecule has 1 aliphatic rings. The van der Waals surface area contributed by atoms with E-state index in [9.17, 15) is 4.39 Å². The van der Waals surface area contributed by atoms with Crippen molar-refractivity contribution < 1.29 is 9.13 Å². The van der Waals surface area contributed by atoms with Gasteiger partial charge in [-0.15, -0.1) is 0 Å². The van der Waals surface area contributed by atoms with Crippen molar-refractivity contribution in [2.45, 2.75) is 18.8 Å². The molecule has 1 aromatic carbocycles. The predicted molar refractivity (Wildman–Crippen MR) is 49.2 cm³/mol. The number of rotatable bonds is 1. The topological polar surface area (TPSA) is 9.23 Å². The average molecular weight is 180 g/mol. The van der Waals surface area contributed by atoms with Crippen LogP contribution in [0.2, 0.25) is 0 Å². The van der Waals surface area contributed by atoms with Gasteiger partial charge in [-0.2, -0.15) is 0 Å². The van der Waals surface area contributed by atoms with Gasteiger partial charge in [0.1, 0.15) is 5.82 Å². The van der Waals surface area contributed by atoms with Gasteiger partial charge in [0, 0.05) is 12.5 Å². The minimum absolute atomic E-state index is 0.0991. The van der Waals surface area contributed by atoms with Crippen LogP contribution < -0.4 is 0 Å². The van der Waals surface area contributed by atoms with Crippen LogP contribution in [0.15, 0.2) is 24.3 Å². The smallest absolute Gasteiger partial charge is 0.126 e. The van der Waals surface area contributed by atoms with Gasteiger partial charge in [0.2, 0.25) is 0 Å². The second-order valence-corrected chi connectivity index (χ2v) is 3.44. The van der Waals surface area contributed by atoms with E-state index >= 15 is 0 Å². The maximum Gasteiger partial charge on any atom is 0.126 e. The Bertz CT molecular complexity index is 279. The van der Waals surface area contributed by atoms with Gasteiger partial charge in [-0.25, -0.2) is 4.39 Å². The molecule has 1 heterocycles. The van der Waals surface area contributed by atoms with Crippen LogP contribution >= 0.6 is 0 Å². The van der Waals surface area contributed by atoms with Crippen LogP contribution in [0.5, 0.6) is 0 Å². The molecule has 0 N–H and O–H groups in total. The summed E-state index contributed by atoms with van der Waals surface area (Å²) in [6.07, 6.45) is 2.08. The van der Waals surface area contributed by atoms with Crippen molar-refractivity contribution >= 4 is 0 Å². The number of ether oxygens (including phenoxy) is 1. The Morgan fingerprint density at radius 1 is 1.31 bits per heavy atom. The highest BCUT2D eigenvalue weighted by Crippen LogP contribution is 2.26. The molecule has 70 valence electrons. The third kappa shape index (κ3) is 1.89. The van der Waals surface area contributed by atoms with Gasteiger partial charge in [0.25, 0.3) is 0 Å². The van der Waals surface area contributed by atoms with Crippen molar-refractivity contribution in [3.63, 3.8) is 0 Å². The Labute approximate surface area is 77.5 Å². The van der Waals surface area contributed by atoms with Gasteiger partial charge < -0.3 is 4.74 Å². The molecule has 0 amide bonds. The molecular formula is C11H13FO. The van der Waals surface area contributed by atoms with Crippen LogP contribution in [-0.2, 0) is 4.74 Å². The summed E-state index contributed by atoms with van der Waals surface area (Å²) in [4.78, 5) is 0. The third-order valence-electron chi connectivity index (χ3n) is 2.51. The monoisotopic (exact) mass is 180 g/mol. The van der Waals surface area contributed by atoms with Gasteiger partial charge >= 0.3 is 0 Å². The largest absolute Gasteiger partial charge is 0.381 e. The lowest BCUT2D eigenvalue weighted by Gasteiger charge is -2.22. The van der Waals surface area contributed by atoms with Crippen LogP contribution in [0.25, 0.3) is 0 Å². The Kier molecular flexibility index (Phi) is 2.60. The Morgan fingerprint density at radius 2 is 2.15 bits per heavy atom. The van der Waals surface area contributed by atoms with Gasteiger partial charge in [0.05, 0.1) is 6.61 Å². The molecule has 1 fully saturated rings. The first-order valence-electron chi connectivity index (χ1n) is 4.70. The lowest BCUT2D eigenvalue weighted by atomic mass is 9.93. The lowest BCUT2D eigenvalue weighted by Crippen LogP contribution is -2.16. The summed E-state index contributed by atoms with van der Waals surface area (Å²) in [5.41, 5.74) is 0.808. The normalized spacial score (nSPS) is 23.0. The van der Waals surface area contributed by atoms with Gasteiger partial charge in [-0.1, -0.05) is 18.2 Å². The van der Waals surface area contributed by atoms with Crippen LogP contribution in [0.4, 0.5) is 4.39 Å². The molecule has 1 atom stereocenters. The molecule has 0 aromatic heterocycles. The van der Waals surface area contributed by atoms with Crippen LogP contribution in [0.3, 0.4) is 0 Å². The Balaban J connectivity index is 2.18. The first-order chi connectivity index (χ1) is 6.38. The molecule has 0 saturated carbocycles. The van der Waals surface area contributed by atoms with Gasteiger partial charge in [-0.3, -0.25) is 0 Å². The van der Waals surface area contributed by atoms with E-state index in [0.29, 0.717) is 6.61 Å². The average Bonchev–Trinajstić information content (AvgIpc) is 2.20. The van der Waals surface area contributed by atoms with E-state index in [0.717, 1.165) is 25.0 Å². The Hall–Kier alpha value is -0.890. The summed E-state index contributed by atoms with van der Waals surface area (Å²) < 4.78 is 18.6. The van der Waals surface area contributed by atoms with E-state index in [-0.39, 0.29) is 11.7 Å². The molecule has 1 nitrogen and oxygen atoms in total. The molecule has 1 aliphatic heterocycles. The summed E-state index contributed by atoms with van der Waals surface area (Å²) in [6.45, 7) is 1.49. The highest BCUT2D eigenvalue weighted by Gasteiger charge is 2.18. The second kappa shape index (κ2) is 3.88. The van der Waals surface area contributed by atoms with Crippen molar-refractivity contribution in [1.29, 1.82) is 0 Å². The molecule has 0 spiro atoms. The predicted octanol–water partition coefficient (Wildman–Crippen LogP) is 2.72. The first kappa shape index (κ1) is 8.70. The molecule has 1 saturated heterocycles. The van der Waals surface area contributed by atoms with Gasteiger partial charge in [0.15, 0.2) is 0 Å². The van der Waals surface area contributed by atoms with Gasteiger partial charge in [-0.05, 0) is 24.5 Å². The van der Waals surface area contributed by atoms with Crippen molar-refractivity contribution in [2.75, 3.05) is 13.2 Å². The quantitative estimate of drug-likeness (QED) is 0.645. The highest BCUT2D eigenvalue weighted by molar-refractivity contribution is 5.22. The minimum atomic E-state index is -0.0991. The minimum Gasteiger partial charge on any atom is -0.381 e. The van der Waals surface area contributed by atoms with Crippen molar-refractivity contribution in [1.82, 2.24) is 0 Å². The maximum atomic E-state index is 13.3. The summed E-state index contributed by atoms with van der Waals surface area (Å²) in [6, 6.07) is 6.98. The molecule has 0 bridgehead atoms. The number of halogens is 1. The molecule has 2 rings (SSSR count). The summed E-state index contributed by atoms with van der Waals surface area (Å²) >= 11 is 0. The van der Waals surface area contributed by atoms with Crippen LogP contribution in [0.1, 0.15) is 24.3 Å². The molecule has 0 aliphatic carbocycles. The van der Waals surface area contributed by atoms with Crippen molar-refractivity contribution in [3.8, 4) is 0 Å². The fourth-order valence-corrected chi connectivity index (χ4v) is 1.79. The van der Waals surface area contributed by atoms with Crippen molar-refractivity contribution in [2.24, 2.45) is 0 Å². The zero-order chi connectivity index (χ0) is 9.10. The summed E-state index contributed by atoms with van der Waals surface area (Å²) in [5.74, 6) is 0.160. The summed E-state index contributed by atoms with van der Waals surface area (Å²) in [7, 11) is 0. The number of hydrogen-bond donors (Lipinski definition) is 0. The van der Waals surface area contributed by atoms with E-state index in [2.05, 4.69) is 0 Å². The Morgan fingerprint density at radius 3 is 2.85 bits per heavy atom. The molecule has 1 aromatic rings. The van der Waals surface area contributed by atoms with Crippen LogP contribution in [0, 0.1) is 5.82 Å². The SMILES string of the molecule is Fc1ccccc1C1CCCOC1. The molecule has 1 unspecified atom stereocenters. The highest BCUT2D eigenvalue weighted by atomic mass is 19.1. The van der Waals surface area contributed by atoms with E-state index in [1.54, 1.807) is 6.07 Å². The van der Waals surface area contributed by atoms with Crippen LogP contribution in [-0.4, -0.2) is 13.2 Å². The van der Waals surface area contributed by atoms with E-state index in [1.165, 1.54) is 6.07 Å². The zero-order valence-electron chi connectivity index (χ0n) is 7.50. The lowest BCUT2D eigenvalue weighted by molar-refractivity contribution is 0.0794. The number of benzene rings is 1. The van der Waals surface area contributed by atoms with E-state index in [1.807, 2.05) is 12.1 Å². The maximum absolute atomic E-state index is 13.3. The standard InChI is InChI=1S/C11H13FO/c12-11-6-2-1-5-10(11)9-4-3-7-13-8-9/h1-2,5-6,9H,3-4,7-8H2. The van der Waals surface area contributed by atoms with E-state index < -0.39 is 0 Å². The first-order valence-corrected chi connectivity index (χ1v) is 4.70. The molecule has 13 heavy (non-hydrogen) atoms. The summed E-state index contributed by atoms with van der Waals surface area (Å²) in [5, 5.41) is 0. The third-order valence-corrected chi connectivity index (χ3v) is 2.51. The zero-order valence-corrected chi connectivity index (χ0v) is 7.50. The molecule has 0 radical (unpaired) electrons. The molecule has 2 heteroatoms. The van der Waals surface area contributed by atoms with Crippen molar-refractivity contribution in [3.05, 3.63) is 35.6 Å².